The molecule has 13 nitrogen and oxygen atoms in total. The Balaban J connectivity index is 0.000000191. The number of hydrogen-bond acceptors (Lipinski definition) is 12. The number of halogens is 1. The second kappa shape index (κ2) is 20.5. The van der Waals surface area contributed by atoms with Crippen molar-refractivity contribution in [2.45, 2.75) is 27.8 Å². The fourth-order valence-electron chi connectivity index (χ4n) is 6.65. The number of benzene rings is 4. The molecule has 60 heavy (non-hydrogen) atoms. The molecule has 0 aliphatic carbocycles. The molecule has 14 heteroatoms. The molecule has 0 aliphatic rings. The average Bonchev–Trinajstić information content (AvgIpc) is 3.81. The standard InChI is InChI=1S/C21H15N5.C20H17N5.C4H10O3.CH4.FH/c1-14-24-20(16-8-10-22-11-9-16)19(21-25-23-13-26(14)21)18-7-6-15-4-2-3-5-17(15)12-18;1-13-23-19(15-8-10-22-11-9-15)18(20(24-13)25-21)17-7-6-14-4-2-3-5-16(14)12-17;1-5-4(6-2)7-3;;/h2-13H,1H3;2-12H,21H2,1H3,(H,23,24,25);4H,1-3H3;1H4;1H/i/hT. The lowest BCUT2D eigenvalue weighted by Crippen LogP contribution is -2.14. The van der Waals surface area contributed by atoms with Gasteiger partial charge in [0, 0.05) is 57.2 Å². The van der Waals surface area contributed by atoms with Crippen LogP contribution in [-0.4, -0.2) is 68.8 Å². The largest absolute Gasteiger partial charge is 0.333 e. The van der Waals surface area contributed by atoms with Crippen LogP contribution in [0.4, 0.5) is 10.5 Å². The molecule has 0 spiro atoms. The molecule has 0 amide bonds. The number of nitrogens with one attached hydrogen (secondary N) is 1. The summed E-state index contributed by atoms with van der Waals surface area (Å²) in [5.74, 6) is 7.88. The van der Waals surface area contributed by atoms with E-state index in [4.69, 9.17) is 15.5 Å². The van der Waals surface area contributed by atoms with Crippen molar-refractivity contribution < 1.29 is 18.9 Å². The smallest absolute Gasteiger partial charge is 0.270 e. The number of ether oxygens (including phenoxy) is 3. The highest BCUT2D eigenvalue weighted by molar-refractivity contribution is 5.96. The van der Waals surface area contributed by atoms with Gasteiger partial charge in [0.05, 0.1) is 22.5 Å². The predicted octanol–water partition coefficient (Wildman–Crippen LogP) is 9.27. The van der Waals surface area contributed by atoms with Gasteiger partial charge in [0.15, 0.2) is 11.5 Å². The number of aromatic nitrogens is 8. The molecule has 9 aromatic rings. The number of nitrogens with two attached hydrogens (primary N) is 1. The maximum Gasteiger partial charge on any atom is 0.270 e. The molecule has 4 aromatic carbocycles. The number of methoxy groups -OCH3 is 3. The quantitative estimate of drug-likeness (QED) is 0.0852. The zero-order valence-corrected chi connectivity index (χ0v) is 33.1. The van der Waals surface area contributed by atoms with E-state index in [1.807, 2.05) is 54.6 Å². The van der Waals surface area contributed by atoms with Crippen LogP contribution in [0.25, 0.3) is 72.0 Å². The van der Waals surface area contributed by atoms with E-state index in [1.165, 1.54) is 37.5 Å². The van der Waals surface area contributed by atoms with E-state index in [0.717, 1.165) is 61.6 Å². The summed E-state index contributed by atoms with van der Waals surface area (Å²) in [6.07, 6.45) is 8.78. The van der Waals surface area contributed by atoms with Gasteiger partial charge in [-0.3, -0.25) is 19.1 Å². The summed E-state index contributed by atoms with van der Waals surface area (Å²) in [7, 11) is 4.53. The number of fused-ring (bicyclic) bond motifs is 3. The highest BCUT2D eigenvalue weighted by atomic mass is 19.0. The third-order valence-electron chi connectivity index (χ3n) is 9.35. The van der Waals surface area contributed by atoms with Crippen molar-refractivity contribution >= 4 is 33.0 Å². The van der Waals surface area contributed by atoms with E-state index in [2.05, 4.69) is 124 Å². The number of nitrogens with zero attached hydrogens (tertiary/aromatic N) is 8. The lowest BCUT2D eigenvalue weighted by atomic mass is 9.97. The predicted molar refractivity (Wildman–Crippen MR) is 236 cm³/mol. The monoisotopic (exact) mass is 808 g/mol. The second-order valence-electron chi connectivity index (χ2n) is 13.0. The number of nitrogen functional groups attached to an aromatic ring is 1. The van der Waals surface area contributed by atoms with E-state index in [-0.39, 0.29) is 7.43 Å². The Morgan fingerprint density at radius 3 is 1.58 bits per heavy atom. The summed E-state index contributed by atoms with van der Waals surface area (Å²) in [5, 5.41) is 13.2. The van der Waals surface area contributed by atoms with Crippen LogP contribution in [0.1, 0.15) is 19.1 Å². The average molecular weight is 809 g/mol. The van der Waals surface area contributed by atoms with Gasteiger partial charge in [-0.2, -0.15) is 0 Å². The van der Waals surface area contributed by atoms with Crippen molar-refractivity contribution in [3.05, 3.63) is 152 Å². The molecule has 0 saturated heterocycles. The number of rotatable bonds is 8. The number of aryl methyl sites for hydroxylation is 2. The van der Waals surface area contributed by atoms with E-state index >= 15 is 0 Å². The Labute approximate surface area is 349 Å². The Morgan fingerprint density at radius 1 is 0.617 bits per heavy atom. The van der Waals surface area contributed by atoms with Crippen LogP contribution >= 0.6 is 0 Å². The topological polar surface area (TPSA) is 160 Å². The summed E-state index contributed by atoms with van der Waals surface area (Å²) < 4.78 is 28.7. The molecule has 3 N–H and O–H groups in total. The highest BCUT2D eigenvalue weighted by Gasteiger charge is 2.19. The Bertz CT molecular complexity index is 2790. The van der Waals surface area contributed by atoms with Crippen molar-refractivity contribution in [3.8, 4) is 44.8 Å². The molecule has 0 unspecified atom stereocenters. The van der Waals surface area contributed by atoms with Crippen LogP contribution in [0.2, 0.25) is 0 Å². The SMILES string of the molecule is C.COC(OC)OC.Cc1nc(-c2ccncc2)c(-c2ccc3ccccc3c2)c2nncn12.Cc1nc(NN)c(-c2ccc3ccccc3c2)c(-c2ccncc2)n1.[3H]F. The van der Waals surface area contributed by atoms with E-state index in [1.54, 1.807) is 31.1 Å². The van der Waals surface area contributed by atoms with Gasteiger partial charge in [-0.15, -0.1) is 10.2 Å². The fraction of sp³-hybridized carbons (Fsp3) is 0.152. The number of hydrogen-bond donors (Lipinski definition) is 2. The van der Waals surface area contributed by atoms with Gasteiger partial charge in [0.1, 0.15) is 18.0 Å². The first-order chi connectivity index (χ1) is 29.4. The second-order valence-corrected chi connectivity index (χ2v) is 13.0. The van der Waals surface area contributed by atoms with Crippen LogP contribution < -0.4 is 11.3 Å². The molecule has 0 aliphatic heterocycles. The van der Waals surface area contributed by atoms with Crippen molar-refractivity contribution in [2.75, 3.05) is 26.8 Å². The molecular formula is C46H47FN10O3. The minimum atomic E-state index is -0.514. The van der Waals surface area contributed by atoms with Crippen molar-refractivity contribution in [1.29, 1.82) is 1.45 Å². The summed E-state index contributed by atoms with van der Waals surface area (Å²) in [4.78, 5) is 22.2. The van der Waals surface area contributed by atoms with Gasteiger partial charge in [-0.05, 0) is 82.9 Å². The first-order valence-electron chi connectivity index (χ1n) is 18.7. The molecular weight excluding hydrogens is 760 g/mol. The Kier molecular flexibility index (Phi) is 14.6. The van der Waals surface area contributed by atoms with Crippen molar-refractivity contribution in [2.24, 2.45) is 5.84 Å². The zero-order valence-electron chi connectivity index (χ0n) is 34.1. The molecule has 9 rings (SSSR count). The molecule has 0 atom stereocenters. The molecule has 306 valence electrons. The highest BCUT2D eigenvalue weighted by Crippen LogP contribution is 2.37. The molecule has 0 fully saturated rings. The molecule has 0 radical (unpaired) electrons. The van der Waals surface area contributed by atoms with Crippen molar-refractivity contribution in [1.82, 2.24) is 39.5 Å². The number of anilines is 1. The summed E-state index contributed by atoms with van der Waals surface area (Å²) >= 11 is 0. The normalized spacial score (nSPS) is 10.7. The van der Waals surface area contributed by atoms with Gasteiger partial charge in [-0.25, -0.2) is 20.8 Å². The van der Waals surface area contributed by atoms with Crippen molar-refractivity contribution in [3.63, 3.8) is 0 Å². The maximum atomic E-state index is 8.75. The first kappa shape index (κ1) is 42.5. The van der Waals surface area contributed by atoms with Gasteiger partial charge in [0.25, 0.3) is 7.93 Å². The van der Waals surface area contributed by atoms with E-state index in [0.29, 0.717) is 11.6 Å². The van der Waals surface area contributed by atoms with Gasteiger partial charge in [0.2, 0.25) is 0 Å². The summed E-state index contributed by atoms with van der Waals surface area (Å²) in [6.45, 7) is 3.31. The Morgan fingerprint density at radius 2 is 1.10 bits per heavy atom. The third kappa shape index (κ3) is 9.60. The molecule has 0 bridgehead atoms. The Hall–Kier alpha value is -7.10. The zero-order chi connectivity index (χ0) is 42.4. The fourth-order valence-corrected chi connectivity index (χ4v) is 6.65. The minimum Gasteiger partial charge on any atom is -0.333 e. The van der Waals surface area contributed by atoms with Crippen LogP contribution in [0.3, 0.4) is 0 Å². The summed E-state index contributed by atoms with van der Waals surface area (Å²) in [6, 6.07) is 37.1. The van der Waals surface area contributed by atoms with E-state index in [9.17, 15) is 0 Å². The summed E-state index contributed by atoms with van der Waals surface area (Å²) in [5.41, 5.74) is 11.2. The molecule has 5 aromatic heterocycles. The van der Waals surface area contributed by atoms with Gasteiger partial charge < -0.3 is 19.6 Å². The van der Waals surface area contributed by atoms with Gasteiger partial charge >= 0.3 is 0 Å². The van der Waals surface area contributed by atoms with E-state index < -0.39 is 6.48 Å². The maximum absolute atomic E-state index is 8.75. The van der Waals surface area contributed by atoms with Crippen LogP contribution in [0.15, 0.2) is 140 Å². The first-order valence-corrected chi connectivity index (χ1v) is 18.4. The lowest BCUT2D eigenvalue weighted by molar-refractivity contribution is -0.252. The molecule has 0 saturated carbocycles. The van der Waals surface area contributed by atoms with Crippen LogP contribution in [0.5, 0.6) is 0 Å². The number of pyridine rings is 2. The van der Waals surface area contributed by atoms with Crippen LogP contribution in [0, 0.1) is 13.8 Å². The third-order valence-corrected chi connectivity index (χ3v) is 9.35. The molecule has 5 heterocycles. The number of hydrazine groups is 1. The lowest BCUT2D eigenvalue weighted by Gasteiger charge is -2.15. The minimum absolute atomic E-state index is 0. The van der Waals surface area contributed by atoms with Gasteiger partial charge in [-0.1, -0.05) is 80.2 Å². The van der Waals surface area contributed by atoms with Crippen LogP contribution in [-0.2, 0) is 14.2 Å².